The molecule has 0 bridgehead atoms. The minimum Gasteiger partial charge on any atom is -0.465 e. The maximum Gasteiger partial charge on any atom is 0.339 e. The Morgan fingerprint density at radius 1 is 1.33 bits per heavy atom. The number of para-hydroxylation sites is 1. The summed E-state index contributed by atoms with van der Waals surface area (Å²) in [5.74, 6) is -0.346. The molecule has 8 heteroatoms. The monoisotopic (exact) mass is 334 g/mol. The van der Waals surface area contributed by atoms with Gasteiger partial charge in [0.2, 0.25) is 0 Å². The molecule has 130 valence electrons. The van der Waals surface area contributed by atoms with Crippen molar-refractivity contribution in [1.29, 1.82) is 0 Å². The van der Waals surface area contributed by atoms with Crippen LogP contribution in [-0.4, -0.2) is 49.7 Å². The average Bonchev–Trinajstić information content (AvgIpc) is 2.60. The number of carbonyl (C=O) groups is 3. The van der Waals surface area contributed by atoms with Crippen molar-refractivity contribution in [3.63, 3.8) is 0 Å². The van der Waals surface area contributed by atoms with Crippen molar-refractivity contribution in [2.24, 2.45) is 11.7 Å². The second-order valence-electron chi connectivity index (χ2n) is 5.67. The SMILES string of the molecule is COC(=O)c1ccccc1NC(=O)N1CCCC(CNC(N)=O)C1. The number of nitrogens with one attached hydrogen (secondary N) is 2. The lowest BCUT2D eigenvalue weighted by atomic mass is 9.98. The molecule has 1 unspecified atom stereocenters. The van der Waals surface area contributed by atoms with Crippen LogP contribution in [-0.2, 0) is 4.74 Å². The Morgan fingerprint density at radius 2 is 2.08 bits per heavy atom. The van der Waals surface area contributed by atoms with E-state index in [1.54, 1.807) is 29.2 Å². The van der Waals surface area contributed by atoms with Gasteiger partial charge in [-0.05, 0) is 30.9 Å². The van der Waals surface area contributed by atoms with Crippen LogP contribution in [0, 0.1) is 5.92 Å². The van der Waals surface area contributed by atoms with Gasteiger partial charge in [0.15, 0.2) is 0 Å². The lowest BCUT2D eigenvalue weighted by molar-refractivity contribution is 0.0602. The van der Waals surface area contributed by atoms with Crippen LogP contribution in [0.5, 0.6) is 0 Å². The number of urea groups is 2. The van der Waals surface area contributed by atoms with Gasteiger partial charge < -0.3 is 26.0 Å². The number of anilines is 1. The molecule has 8 nitrogen and oxygen atoms in total. The molecule has 1 aliphatic rings. The quantitative estimate of drug-likeness (QED) is 0.722. The number of nitrogens with zero attached hydrogens (tertiary/aromatic N) is 1. The summed E-state index contributed by atoms with van der Waals surface area (Å²) < 4.78 is 4.72. The number of ether oxygens (including phenoxy) is 1. The molecule has 4 amide bonds. The smallest absolute Gasteiger partial charge is 0.339 e. The first kappa shape index (κ1) is 17.6. The molecular weight excluding hydrogens is 312 g/mol. The first-order valence-corrected chi connectivity index (χ1v) is 7.78. The molecule has 4 N–H and O–H groups in total. The van der Waals surface area contributed by atoms with Crippen LogP contribution < -0.4 is 16.4 Å². The van der Waals surface area contributed by atoms with Gasteiger partial charge in [0.25, 0.3) is 0 Å². The number of primary amides is 1. The van der Waals surface area contributed by atoms with Crippen molar-refractivity contribution in [2.75, 3.05) is 32.1 Å². The van der Waals surface area contributed by atoms with Gasteiger partial charge in [0, 0.05) is 19.6 Å². The fraction of sp³-hybridized carbons (Fsp3) is 0.438. The van der Waals surface area contributed by atoms with Crippen LogP contribution in [0.15, 0.2) is 24.3 Å². The second-order valence-corrected chi connectivity index (χ2v) is 5.67. The van der Waals surface area contributed by atoms with Crippen molar-refractivity contribution in [3.05, 3.63) is 29.8 Å². The van der Waals surface area contributed by atoms with E-state index in [4.69, 9.17) is 10.5 Å². The predicted molar refractivity (Wildman–Crippen MR) is 88.7 cm³/mol. The zero-order valence-electron chi connectivity index (χ0n) is 13.6. The summed E-state index contributed by atoms with van der Waals surface area (Å²) in [5, 5.41) is 5.33. The summed E-state index contributed by atoms with van der Waals surface area (Å²) in [7, 11) is 1.29. The van der Waals surface area contributed by atoms with E-state index in [-0.39, 0.29) is 11.9 Å². The van der Waals surface area contributed by atoms with E-state index in [1.807, 2.05) is 0 Å². The molecule has 24 heavy (non-hydrogen) atoms. The molecule has 0 saturated carbocycles. The van der Waals surface area contributed by atoms with Gasteiger partial charge >= 0.3 is 18.0 Å². The highest BCUT2D eigenvalue weighted by Gasteiger charge is 2.24. The van der Waals surface area contributed by atoms with Gasteiger partial charge in [-0.25, -0.2) is 14.4 Å². The summed E-state index contributed by atoms with van der Waals surface area (Å²) in [4.78, 5) is 36.7. The average molecular weight is 334 g/mol. The third-order valence-corrected chi connectivity index (χ3v) is 3.95. The molecule has 1 aromatic rings. The molecule has 1 aliphatic heterocycles. The van der Waals surface area contributed by atoms with E-state index in [2.05, 4.69) is 10.6 Å². The van der Waals surface area contributed by atoms with E-state index < -0.39 is 12.0 Å². The van der Waals surface area contributed by atoms with E-state index in [9.17, 15) is 14.4 Å². The maximum atomic E-state index is 12.5. The Hall–Kier alpha value is -2.77. The number of likely N-dealkylation sites (tertiary alicyclic amines) is 1. The number of carbonyl (C=O) groups excluding carboxylic acids is 3. The molecular formula is C16H22N4O4. The number of benzene rings is 1. The number of hydrogen-bond acceptors (Lipinski definition) is 4. The van der Waals surface area contributed by atoms with Gasteiger partial charge in [0.1, 0.15) is 0 Å². The topological polar surface area (TPSA) is 114 Å². The van der Waals surface area contributed by atoms with Crippen molar-refractivity contribution in [2.45, 2.75) is 12.8 Å². The van der Waals surface area contributed by atoms with Gasteiger partial charge in [0.05, 0.1) is 18.4 Å². The van der Waals surface area contributed by atoms with Crippen LogP contribution in [0.4, 0.5) is 15.3 Å². The highest BCUT2D eigenvalue weighted by molar-refractivity contribution is 6.00. The number of hydrogen-bond donors (Lipinski definition) is 3. The Morgan fingerprint density at radius 3 is 2.79 bits per heavy atom. The van der Waals surface area contributed by atoms with Crippen LogP contribution in [0.25, 0.3) is 0 Å². The number of nitrogens with two attached hydrogens (primary N) is 1. The first-order valence-electron chi connectivity index (χ1n) is 7.78. The molecule has 1 fully saturated rings. The Kier molecular flexibility index (Phi) is 6.00. The van der Waals surface area contributed by atoms with Crippen LogP contribution in [0.2, 0.25) is 0 Å². The van der Waals surface area contributed by atoms with Crippen molar-refractivity contribution >= 4 is 23.7 Å². The lowest BCUT2D eigenvalue weighted by Crippen LogP contribution is -2.46. The molecule has 0 aromatic heterocycles. The fourth-order valence-corrected chi connectivity index (χ4v) is 2.74. The zero-order valence-corrected chi connectivity index (χ0v) is 13.6. The van der Waals surface area contributed by atoms with Gasteiger partial charge in [-0.2, -0.15) is 0 Å². The van der Waals surface area contributed by atoms with Gasteiger partial charge in [-0.3, -0.25) is 0 Å². The second kappa shape index (κ2) is 8.19. The largest absolute Gasteiger partial charge is 0.465 e. The minimum absolute atomic E-state index is 0.160. The van der Waals surface area contributed by atoms with Crippen molar-refractivity contribution in [3.8, 4) is 0 Å². The Balaban J connectivity index is 1.99. The van der Waals surface area contributed by atoms with Crippen LogP contribution in [0.1, 0.15) is 23.2 Å². The van der Waals surface area contributed by atoms with E-state index in [0.717, 1.165) is 12.8 Å². The number of rotatable bonds is 4. The number of amides is 4. The summed E-state index contributed by atoms with van der Waals surface area (Å²) in [6, 6.07) is 5.84. The van der Waals surface area contributed by atoms with E-state index in [0.29, 0.717) is 30.9 Å². The normalized spacial score (nSPS) is 17.0. The number of methoxy groups -OCH3 is 1. The molecule has 0 spiro atoms. The van der Waals surface area contributed by atoms with E-state index in [1.165, 1.54) is 7.11 Å². The molecule has 1 heterocycles. The molecule has 1 saturated heterocycles. The lowest BCUT2D eigenvalue weighted by Gasteiger charge is -2.32. The van der Waals surface area contributed by atoms with Crippen molar-refractivity contribution in [1.82, 2.24) is 10.2 Å². The maximum absolute atomic E-state index is 12.5. The van der Waals surface area contributed by atoms with Crippen LogP contribution >= 0.6 is 0 Å². The third-order valence-electron chi connectivity index (χ3n) is 3.95. The standard InChI is InChI=1S/C16H22N4O4/c1-24-14(21)12-6-2-3-7-13(12)19-16(23)20-8-4-5-11(10-20)9-18-15(17)22/h2-3,6-7,11H,4-5,8-10H2,1H3,(H,19,23)(H3,17,18,22). The third kappa shape index (κ3) is 4.61. The molecule has 1 aromatic carbocycles. The summed E-state index contributed by atoms with van der Waals surface area (Å²) >= 11 is 0. The first-order chi connectivity index (χ1) is 11.5. The Labute approximate surface area is 140 Å². The van der Waals surface area contributed by atoms with Crippen LogP contribution in [0.3, 0.4) is 0 Å². The number of piperidine rings is 1. The minimum atomic E-state index is -0.566. The highest BCUT2D eigenvalue weighted by atomic mass is 16.5. The zero-order chi connectivity index (χ0) is 17.5. The van der Waals surface area contributed by atoms with Gasteiger partial charge in [-0.15, -0.1) is 0 Å². The molecule has 0 aliphatic carbocycles. The van der Waals surface area contributed by atoms with E-state index >= 15 is 0 Å². The fourth-order valence-electron chi connectivity index (χ4n) is 2.74. The van der Waals surface area contributed by atoms with Crippen molar-refractivity contribution < 1.29 is 19.1 Å². The molecule has 0 radical (unpaired) electrons. The number of esters is 1. The van der Waals surface area contributed by atoms with Gasteiger partial charge in [-0.1, -0.05) is 12.1 Å². The summed E-state index contributed by atoms with van der Waals surface area (Å²) in [6.45, 7) is 1.59. The summed E-state index contributed by atoms with van der Waals surface area (Å²) in [5.41, 5.74) is 5.79. The Bertz CT molecular complexity index is 620. The predicted octanol–water partition coefficient (Wildman–Crippen LogP) is 1.39. The molecule has 1 atom stereocenters. The molecule has 2 rings (SSSR count). The summed E-state index contributed by atoms with van der Waals surface area (Å²) in [6.07, 6.45) is 1.76. The highest BCUT2D eigenvalue weighted by Crippen LogP contribution is 2.20.